The standard InChI is InChI=1S/C18H22FNO/c1-4-18(2,3)14-5-7-17(8-6-14)21-12-13-9-15(19)11-16(20)10-13/h5-11H,4,12,20H2,1-3H3. The lowest BCUT2D eigenvalue weighted by molar-refractivity contribution is 0.305. The third kappa shape index (κ3) is 3.97. The minimum absolute atomic E-state index is 0.162. The summed E-state index contributed by atoms with van der Waals surface area (Å²) >= 11 is 0. The molecule has 0 atom stereocenters. The van der Waals surface area contributed by atoms with Crippen molar-refractivity contribution in [2.24, 2.45) is 0 Å². The number of benzene rings is 2. The van der Waals surface area contributed by atoms with Crippen LogP contribution in [0.2, 0.25) is 0 Å². The Kier molecular flexibility index (Phi) is 4.51. The summed E-state index contributed by atoms with van der Waals surface area (Å²) in [6.07, 6.45) is 1.08. The fourth-order valence-corrected chi connectivity index (χ4v) is 2.13. The molecule has 2 N–H and O–H groups in total. The van der Waals surface area contributed by atoms with Gasteiger partial charge in [-0.3, -0.25) is 0 Å². The van der Waals surface area contributed by atoms with Crippen molar-refractivity contribution in [2.45, 2.75) is 39.2 Å². The SMILES string of the molecule is CCC(C)(C)c1ccc(OCc2cc(N)cc(F)c2)cc1. The van der Waals surface area contributed by atoms with Crippen molar-refractivity contribution in [2.75, 3.05) is 5.73 Å². The second-order valence-electron chi connectivity index (χ2n) is 5.94. The highest BCUT2D eigenvalue weighted by Gasteiger charge is 2.17. The van der Waals surface area contributed by atoms with Crippen molar-refractivity contribution >= 4 is 5.69 Å². The summed E-state index contributed by atoms with van der Waals surface area (Å²) in [7, 11) is 0. The lowest BCUT2D eigenvalue weighted by Gasteiger charge is -2.23. The van der Waals surface area contributed by atoms with Gasteiger partial charge in [-0.1, -0.05) is 32.9 Å². The Labute approximate surface area is 125 Å². The molecule has 0 spiro atoms. The van der Waals surface area contributed by atoms with Gasteiger partial charge in [0.05, 0.1) is 0 Å². The van der Waals surface area contributed by atoms with E-state index in [4.69, 9.17) is 10.5 Å². The topological polar surface area (TPSA) is 35.2 Å². The molecule has 2 aromatic rings. The summed E-state index contributed by atoms with van der Waals surface area (Å²) in [5.41, 5.74) is 8.20. The maximum absolute atomic E-state index is 13.2. The first-order chi connectivity index (χ1) is 9.90. The van der Waals surface area contributed by atoms with Crippen molar-refractivity contribution in [3.63, 3.8) is 0 Å². The van der Waals surface area contributed by atoms with Crippen LogP contribution in [0.25, 0.3) is 0 Å². The third-order valence-electron chi connectivity index (χ3n) is 3.91. The predicted octanol–water partition coefficient (Wildman–Crippen LogP) is 4.67. The smallest absolute Gasteiger partial charge is 0.125 e. The normalized spacial score (nSPS) is 11.4. The summed E-state index contributed by atoms with van der Waals surface area (Å²) in [6.45, 7) is 6.92. The van der Waals surface area contributed by atoms with Crippen LogP contribution in [0, 0.1) is 5.82 Å². The Morgan fingerprint density at radius 3 is 2.33 bits per heavy atom. The van der Waals surface area contributed by atoms with Crippen LogP contribution in [-0.2, 0) is 12.0 Å². The van der Waals surface area contributed by atoms with Crippen molar-refractivity contribution in [1.29, 1.82) is 0 Å². The molecule has 0 heterocycles. The van der Waals surface area contributed by atoms with Crippen molar-refractivity contribution in [3.8, 4) is 5.75 Å². The molecule has 2 rings (SSSR count). The Morgan fingerprint density at radius 2 is 1.76 bits per heavy atom. The van der Waals surface area contributed by atoms with Crippen molar-refractivity contribution in [3.05, 3.63) is 59.4 Å². The van der Waals surface area contributed by atoms with Gasteiger partial charge in [0.25, 0.3) is 0 Å². The molecule has 0 radical (unpaired) electrons. The summed E-state index contributed by atoms with van der Waals surface area (Å²) in [5, 5.41) is 0. The number of rotatable bonds is 5. The molecule has 0 aromatic heterocycles. The van der Waals surface area contributed by atoms with Crippen LogP contribution in [0.3, 0.4) is 0 Å². The molecule has 21 heavy (non-hydrogen) atoms. The number of nitrogens with two attached hydrogens (primary N) is 1. The van der Waals surface area contributed by atoms with Gasteiger partial charge in [-0.2, -0.15) is 0 Å². The van der Waals surface area contributed by atoms with Gasteiger partial charge in [0.2, 0.25) is 0 Å². The number of ether oxygens (including phenoxy) is 1. The zero-order valence-corrected chi connectivity index (χ0v) is 12.8. The molecule has 0 aliphatic heterocycles. The maximum atomic E-state index is 13.2. The fourth-order valence-electron chi connectivity index (χ4n) is 2.13. The molecule has 2 nitrogen and oxygen atoms in total. The maximum Gasteiger partial charge on any atom is 0.125 e. The predicted molar refractivity (Wildman–Crippen MR) is 84.9 cm³/mol. The average molecular weight is 287 g/mol. The van der Waals surface area contributed by atoms with E-state index < -0.39 is 0 Å². The molecule has 0 saturated heterocycles. The van der Waals surface area contributed by atoms with E-state index in [1.165, 1.54) is 17.7 Å². The van der Waals surface area contributed by atoms with E-state index in [-0.39, 0.29) is 11.2 Å². The number of hydrogen-bond donors (Lipinski definition) is 1. The zero-order valence-electron chi connectivity index (χ0n) is 12.8. The number of hydrogen-bond acceptors (Lipinski definition) is 2. The minimum atomic E-state index is -0.339. The Hall–Kier alpha value is -2.03. The van der Waals surface area contributed by atoms with E-state index in [1.807, 2.05) is 12.1 Å². The average Bonchev–Trinajstić information content (AvgIpc) is 2.44. The Bertz CT molecular complexity index is 585. The van der Waals surface area contributed by atoms with Gasteiger partial charge in [-0.25, -0.2) is 4.39 Å². The molecule has 0 aliphatic rings. The van der Waals surface area contributed by atoms with Gasteiger partial charge >= 0.3 is 0 Å². The molecule has 112 valence electrons. The zero-order chi connectivity index (χ0) is 15.5. The monoisotopic (exact) mass is 287 g/mol. The van der Waals surface area contributed by atoms with Crippen molar-refractivity contribution in [1.82, 2.24) is 0 Å². The molecule has 0 amide bonds. The van der Waals surface area contributed by atoms with Gasteiger partial charge in [-0.05, 0) is 53.3 Å². The van der Waals surface area contributed by atoms with E-state index in [0.29, 0.717) is 12.3 Å². The van der Waals surface area contributed by atoms with E-state index in [9.17, 15) is 4.39 Å². The number of halogens is 1. The van der Waals surface area contributed by atoms with Crippen LogP contribution in [0.5, 0.6) is 5.75 Å². The largest absolute Gasteiger partial charge is 0.489 e. The fraction of sp³-hybridized carbons (Fsp3) is 0.333. The molecule has 0 unspecified atom stereocenters. The lowest BCUT2D eigenvalue weighted by Crippen LogP contribution is -2.15. The van der Waals surface area contributed by atoms with E-state index in [0.717, 1.165) is 17.7 Å². The van der Waals surface area contributed by atoms with Gasteiger partial charge in [0.15, 0.2) is 0 Å². The summed E-state index contributed by atoms with van der Waals surface area (Å²) < 4.78 is 18.9. The first-order valence-corrected chi connectivity index (χ1v) is 7.19. The molecule has 0 bridgehead atoms. The van der Waals surface area contributed by atoms with Crippen molar-refractivity contribution < 1.29 is 9.13 Å². The highest BCUT2D eigenvalue weighted by Crippen LogP contribution is 2.28. The molecule has 0 aliphatic carbocycles. The molecule has 0 saturated carbocycles. The van der Waals surface area contributed by atoms with Gasteiger partial charge in [0, 0.05) is 5.69 Å². The van der Waals surface area contributed by atoms with Crippen LogP contribution < -0.4 is 10.5 Å². The highest BCUT2D eigenvalue weighted by molar-refractivity contribution is 5.41. The second kappa shape index (κ2) is 6.17. The Morgan fingerprint density at radius 1 is 1.10 bits per heavy atom. The highest BCUT2D eigenvalue weighted by atomic mass is 19.1. The molecular formula is C18H22FNO. The van der Waals surface area contributed by atoms with Crippen LogP contribution in [0.4, 0.5) is 10.1 Å². The molecular weight excluding hydrogens is 265 g/mol. The summed E-state index contributed by atoms with van der Waals surface area (Å²) in [5.74, 6) is 0.433. The quantitative estimate of drug-likeness (QED) is 0.811. The number of anilines is 1. The van der Waals surface area contributed by atoms with E-state index >= 15 is 0 Å². The first-order valence-electron chi connectivity index (χ1n) is 7.19. The van der Waals surface area contributed by atoms with E-state index in [1.54, 1.807) is 6.07 Å². The lowest BCUT2D eigenvalue weighted by atomic mass is 9.82. The van der Waals surface area contributed by atoms with Gasteiger partial charge < -0.3 is 10.5 Å². The Balaban J connectivity index is 2.04. The number of nitrogen functional groups attached to an aromatic ring is 1. The van der Waals surface area contributed by atoms with Crippen LogP contribution in [0.15, 0.2) is 42.5 Å². The van der Waals surface area contributed by atoms with Crippen LogP contribution in [0.1, 0.15) is 38.3 Å². The van der Waals surface area contributed by atoms with Gasteiger partial charge in [0.1, 0.15) is 18.2 Å². The summed E-state index contributed by atoms with van der Waals surface area (Å²) in [4.78, 5) is 0. The van der Waals surface area contributed by atoms with Crippen LogP contribution >= 0.6 is 0 Å². The van der Waals surface area contributed by atoms with Crippen LogP contribution in [-0.4, -0.2) is 0 Å². The molecule has 3 heteroatoms. The first kappa shape index (κ1) is 15.4. The molecule has 0 fully saturated rings. The second-order valence-corrected chi connectivity index (χ2v) is 5.94. The third-order valence-corrected chi connectivity index (χ3v) is 3.91. The minimum Gasteiger partial charge on any atom is -0.489 e. The summed E-state index contributed by atoms with van der Waals surface area (Å²) in [6, 6.07) is 12.5. The molecule has 2 aromatic carbocycles. The van der Waals surface area contributed by atoms with E-state index in [2.05, 4.69) is 32.9 Å². The van der Waals surface area contributed by atoms with Gasteiger partial charge in [-0.15, -0.1) is 0 Å².